The van der Waals surface area contributed by atoms with E-state index in [9.17, 15) is 9.90 Å². The largest absolute Gasteiger partial charge is 0.444 e. The van der Waals surface area contributed by atoms with Crippen LogP contribution in [0.3, 0.4) is 0 Å². The average molecular weight is 257 g/mol. The van der Waals surface area contributed by atoms with Gasteiger partial charge in [0.2, 0.25) is 0 Å². The normalized spacial score (nSPS) is 20.1. The van der Waals surface area contributed by atoms with Crippen LogP contribution in [0.15, 0.2) is 0 Å². The highest BCUT2D eigenvalue weighted by Gasteiger charge is 2.38. The summed E-state index contributed by atoms with van der Waals surface area (Å²) in [5, 5.41) is 9.59. The summed E-state index contributed by atoms with van der Waals surface area (Å²) in [6, 6.07) is 0. The Morgan fingerprint density at radius 1 is 1.33 bits per heavy atom. The van der Waals surface area contributed by atoms with Gasteiger partial charge in [-0.15, -0.1) is 0 Å². The second kappa shape index (κ2) is 5.47. The van der Waals surface area contributed by atoms with Crippen molar-refractivity contribution < 1.29 is 14.6 Å². The first-order valence-electron chi connectivity index (χ1n) is 6.79. The van der Waals surface area contributed by atoms with Crippen LogP contribution in [-0.2, 0) is 4.74 Å². The van der Waals surface area contributed by atoms with Crippen LogP contribution in [0.5, 0.6) is 0 Å². The summed E-state index contributed by atoms with van der Waals surface area (Å²) in [6.45, 7) is 11.5. The van der Waals surface area contributed by atoms with Gasteiger partial charge in [0.1, 0.15) is 5.60 Å². The van der Waals surface area contributed by atoms with E-state index in [1.54, 1.807) is 4.90 Å². The van der Waals surface area contributed by atoms with Gasteiger partial charge in [-0.25, -0.2) is 4.79 Å². The summed E-state index contributed by atoms with van der Waals surface area (Å²) < 4.78 is 5.36. The zero-order valence-electron chi connectivity index (χ0n) is 12.3. The number of aliphatic hydroxyl groups is 1. The lowest BCUT2D eigenvalue weighted by Crippen LogP contribution is -2.48. The van der Waals surface area contributed by atoms with E-state index in [2.05, 4.69) is 13.8 Å². The summed E-state index contributed by atoms with van der Waals surface area (Å²) >= 11 is 0. The minimum Gasteiger partial charge on any atom is -0.444 e. The predicted octanol–water partition coefficient (Wildman–Crippen LogP) is 2.65. The molecule has 0 aromatic rings. The van der Waals surface area contributed by atoms with E-state index in [1.165, 1.54) is 0 Å². The molecule has 0 unspecified atom stereocenters. The van der Waals surface area contributed by atoms with Gasteiger partial charge in [-0.3, -0.25) is 0 Å². The Balaban J connectivity index is 2.56. The van der Waals surface area contributed by atoms with E-state index in [4.69, 9.17) is 4.74 Å². The third-order valence-corrected chi connectivity index (χ3v) is 3.95. The molecule has 0 atom stereocenters. The third kappa shape index (κ3) is 3.61. The number of hydrogen-bond donors (Lipinski definition) is 1. The fourth-order valence-electron chi connectivity index (χ4n) is 2.38. The summed E-state index contributed by atoms with van der Waals surface area (Å²) in [4.78, 5) is 13.7. The van der Waals surface area contributed by atoms with Crippen molar-refractivity contribution in [1.82, 2.24) is 4.90 Å². The second-order valence-corrected chi connectivity index (χ2v) is 6.64. The summed E-state index contributed by atoms with van der Waals surface area (Å²) in [7, 11) is 0. The molecule has 4 nitrogen and oxygen atoms in total. The molecule has 1 saturated heterocycles. The van der Waals surface area contributed by atoms with Crippen molar-refractivity contribution in [2.24, 2.45) is 11.3 Å². The van der Waals surface area contributed by atoms with Gasteiger partial charge in [-0.2, -0.15) is 0 Å². The van der Waals surface area contributed by atoms with Crippen LogP contribution in [0, 0.1) is 11.3 Å². The van der Waals surface area contributed by atoms with E-state index in [-0.39, 0.29) is 18.1 Å². The van der Waals surface area contributed by atoms with Crippen LogP contribution in [0.2, 0.25) is 0 Å². The van der Waals surface area contributed by atoms with E-state index in [0.29, 0.717) is 19.0 Å². The van der Waals surface area contributed by atoms with Crippen LogP contribution in [0.25, 0.3) is 0 Å². The molecule has 1 aliphatic rings. The van der Waals surface area contributed by atoms with Gasteiger partial charge in [0, 0.05) is 19.7 Å². The molecule has 0 saturated carbocycles. The maximum absolute atomic E-state index is 11.9. The number of likely N-dealkylation sites (tertiary alicyclic amines) is 1. The number of rotatable bonds is 2. The molecule has 0 spiro atoms. The number of carbonyl (C=O) groups is 1. The van der Waals surface area contributed by atoms with Crippen LogP contribution in [-0.4, -0.2) is 41.4 Å². The highest BCUT2D eigenvalue weighted by molar-refractivity contribution is 5.68. The van der Waals surface area contributed by atoms with Crippen molar-refractivity contribution in [2.75, 3.05) is 19.7 Å². The number of aliphatic hydroxyl groups excluding tert-OH is 1. The first-order valence-corrected chi connectivity index (χ1v) is 6.79. The number of carbonyl (C=O) groups excluding carboxylic acids is 1. The molecule has 106 valence electrons. The molecule has 1 rings (SSSR count). The van der Waals surface area contributed by atoms with Crippen LogP contribution in [0.4, 0.5) is 4.79 Å². The molecule has 4 heteroatoms. The quantitative estimate of drug-likeness (QED) is 0.827. The molecule has 1 amide bonds. The standard InChI is InChI=1S/C14H27NO3/c1-11(2)14(10-16)6-8-15(9-7-14)12(17)18-13(3,4)5/h11,16H,6-10H2,1-5H3. The van der Waals surface area contributed by atoms with Gasteiger partial charge in [0.05, 0.1) is 0 Å². The number of ether oxygens (including phenoxy) is 1. The van der Waals surface area contributed by atoms with Crippen LogP contribution in [0.1, 0.15) is 47.5 Å². The minimum absolute atomic E-state index is 0.0293. The molecule has 1 aliphatic heterocycles. The second-order valence-electron chi connectivity index (χ2n) is 6.64. The number of piperidine rings is 1. The van der Waals surface area contributed by atoms with E-state index in [0.717, 1.165) is 12.8 Å². The summed E-state index contributed by atoms with van der Waals surface area (Å²) in [5.41, 5.74) is -0.473. The van der Waals surface area contributed by atoms with Gasteiger partial charge in [0.25, 0.3) is 0 Å². The van der Waals surface area contributed by atoms with Crippen molar-refractivity contribution in [2.45, 2.75) is 53.1 Å². The fraction of sp³-hybridized carbons (Fsp3) is 0.929. The molecule has 18 heavy (non-hydrogen) atoms. The van der Waals surface area contributed by atoms with E-state index < -0.39 is 5.60 Å². The van der Waals surface area contributed by atoms with Gasteiger partial charge in [-0.1, -0.05) is 13.8 Å². The Hall–Kier alpha value is -0.770. The highest BCUT2D eigenvalue weighted by atomic mass is 16.6. The van der Waals surface area contributed by atoms with Gasteiger partial charge in [-0.05, 0) is 44.9 Å². The van der Waals surface area contributed by atoms with Crippen LogP contribution >= 0.6 is 0 Å². The SMILES string of the molecule is CC(C)C1(CO)CCN(C(=O)OC(C)(C)C)CC1. The third-order valence-electron chi connectivity index (χ3n) is 3.95. The Labute approximate surface area is 110 Å². The van der Waals surface area contributed by atoms with Crippen molar-refractivity contribution >= 4 is 6.09 Å². The van der Waals surface area contributed by atoms with Crippen molar-refractivity contribution in [3.8, 4) is 0 Å². The predicted molar refractivity (Wildman–Crippen MR) is 71.4 cm³/mol. The molecular weight excluding hydrogens is 230 g/mol. The zero-order chi connectivity index (χ0) is 14.0. The first kappa shape index (κ1) is 15.3. The summed E-state index contributed by atoms with van der Waals surface area (Å²) in [5.74, 6) is 0.434. The molecule has 0 aliphatic carbocycles. The van der Waals surface area contributed by atoms with Crippen molar-refractivity contribution in [1.29, 1.82) is 0 Å². The lowest BCUT2D eigenvalue weighted by Gasteiger charge is -2.43. The minimum atomic E-state index is -0.444. The molecule has 0 aromatic carbocycles. The topological polar surface area (TPSA) is 49.8 Å². The molecule has 0 bridgehead atoms. The monoisotopic (exact) mass is 257 g/mol. The van der Waals surface area contributed by atoms with Gasteiger partial charge < -0.3 is 14.7 Å². The fourth-order valence-corrected chi connectivity index (χ4v) is 2.38. The maximum atomic E-state index is 11.9. The zero-order valence-corrected chi connectivity index (χ0v) is 12.3. The summed E-state index contributed by atoms with van der Waals surface area (Å²) in [6.07, 6.45) is 1.46. The number of nitrogens with zero attached hydrogens (tertiary/aromatic N) is 1. The molecule has 1 N–H and O–H groups in total. The average Bonchev–Trinajstić information content (AvgIpc) is 2.26. The first-order chi connectivity index (χ1) is 8.20. The van der Waals surface area contributed by atoms with Crippen LogP contribution < -0.4 is 0 Å². The number of hydrogen-bond acceptors (Lipinski definition) is 3. The lowest BCUT2D eigenvalue weighted by molar-refractivity contribution is -0.0150. The Morgan fingerprint density at radius 2 is 1.83 bits per heavy atom. The van der Waals surface area contributed by atoms with Crippen molar-refractivity contribution in [3.63, 3.8) is 0 Å². The van der Waals surface area contributed by atoms with Gasteiger partial charge >= 0.3 is 6.09 Å². The molecule has 0 radical (unpaired) electrons. The Bertz CT molecular complexity index is 286. The van der Waals surface area contributed by atoms with Crippen molar-refractivity contribution in [3.05, 3.63) is 0 Å². The Morgan fingerprint density at radius 3 is 2.17 bits per heavy atom. The van der Waals surface area contributed by atoms with E-state index >= 15 is 0 Å². The molecule has 0 aromatic heterocycles. The maximum Gasteiger partial charge on any atom is 0.410 e. The molecule has 1 heterocycles. The lowest BCUT2D eigenvalue weighted by atomic mass is 9.71. The molecule has 1 fully saturated rings. The smallest absolute Gasteiger partial charge is 0.410 e. The van der Waals surface area contributed by atoms with Gasteiger partial charge in [0.15, 0.2) is 0 Å². The highest BCUT2D eigenvalue weighted by Crippen LogP contribution is 2.38. The Kier molecular flexibility index (Phi) is 4.65. The number of amides is 1. The van der Waals surface area contributed by atoms with E-state index in [1.807, 2.05) is 20.8 Å². The molecular formula is C14H27NO3.